The normalized spacial score (nSPS) is 13.7. The summed E-state index contributed by atoms with van der Waals surface area (Å²) in [7, 11) is -0.406. The number of ether oxygens (including phenoxy) is 1. The topological polar surface area (TPSA) is 77.5 Å². The lowest BCUT2D eigenvalue weighted by Gasteiger charge is -2.36. The molecule has 0 fully saturated rings. The number of rotatable bonds is 9. The van der Waals surface area contributed by atoms with E-state index in [4.69, 9.17) is 9.16 Å². The van der Waals surface area contributed by atoms with Gasteiger partial charge in [-0.2, -0.15) is 0 Å². The van der Waals surface area contributed by atoms with Gasteiger partial charge in [-0.25, -0.2) is 9.78 Å². The van der Waals surface area contributed by atoms with Gasteiger partial charge in [0.1, 0.15) is 6.10 Å². The first-order valence-electron chi connectivity index (χ1n) is 10.2. The number of alkyl carbamates (subject to hydrolysis) is 1. The number of aromatic nitrogens is 1. The molecular weight excluding hydrogens is 404 g/mol. The van der Waals surface area contributed by atoms with Crippen molar-refractivity contribution in [2.75, 3.05) is 7.05 Å². The molecule has 0 saturated carbocycles. The summed E-state index contributed by atoms with van der Waals surface area (Å²) in [5.41, 5.74) is 0.853. The van der Waals surface area contributed by atoms with Crippen LogP contribution in [0.2, 0.25) is 18.1 Å². The van der Waals surface area contributed by atoms with Crippen LogP contribution in [0.3, 0.4) is 0 Å². The second kappa shape index (κ2) is 10.2. The second-order valence-electron chi connectivity index (χ2n) is 9.60. The number of hydrogen-bond donors (Lipinski definition) is 1. The van der Waals surface area contributed by atoms with Gasteiger partial charge in [0.2, 0.25) is 0 Å². The van der Waals surface area contributed by atoms with Crippen LogP contribution in [0.25, 0.3) is 0 Å². The maximum absolute atomic E-state index is 12.9. The van der Waals surface area contributed by atoms with E-state index in [2.05, 4.69) is 58.0 Å². The van der Waals surface area contributed by atoms with E-state index in [1.165, 1.54) is 18.4 Å². The lowest BCUT2D eigenvalue weighted by atomic mass is 10.0. The first kappa shape index (κ1) is 25.8. The zero-order valence-electron chi connectivity index (χ0n) is 19.6. The summed E-state index contributed by atoms with van der Waals surface area (Å²) >= 11 is 1.43. The van der Waals surface area contributed by atoms with E-state index in [1.54, 1.807) is 0 Å². The van der Waals surface area contributed by atoms with Crippen LogP contribution in [0.4, 0.5) is 4.79 Å². The summed E-state index contributed by atoms with van der Waals surface area (Å²) in [4.78, 5) is 30.2. The molecule has 8 heteroatoms. The Labute approximate surface area is 180 Å². The molecule has 0 bridgehead atoms. The molecule has 0 radical (unpaired) electrons. The maximum Gasteiger partial charge on any atom is 0.407 e. The maximum atomic E-state index is 12.9. The molecular formula is C21H38N2O4SSi. The van der Waals surface area contributed by atoms with E-state index in [-0.39, 0.29) is 29.1 Å². The van der Waals surface area contributed by atoms with Crippen LogP contribution >= 0.6 is 11.3 Å². The molecule has 1 heterocycles. The van der Waals surface area contributed by atoms with Crippen LogP contribution in [0.15, 0.2) is 0 Å². The zero-order valence-corrected chi connectivity index (χ0v) is 21.5. The fourth-order valence-electron chi connectivity index (χ4n) is 2.38. The summed E-state index contributed by atoms with van der Waals surface area (Å²) in [6.45, 7) is 19.5. The largest absolute Gasteiger partial charge is 0.445 e. The summed E-state index contributed by atoms with van der Waals surface area (Å²) in [5, 5.41) is 3.02. The van der Waals surface area contributed by atoms with Crippen molar-refractivity contribution in [3.8, 4) is 0 Å². The highest BCUT2D eigenvalue weighted by molar-refractivity contribution is 7.13. The average molecular weight is 443 g/mol. The fourth-order valence-corrected chi connectivity index (χ4v) is 4.33. The molecule has 0 aliphatic carbocycles. The summed E-state index contributed by atoms with van der Waals surface area (Å²) in [6.07, 6.45) is -0.888. The molecule has 0 spiro atoms. The van der Waals surface area contributed by atoms with Crippen molar-refractivity contribution in [2.24, 2.45) is 5.92 Å². The highest BCUT2D eigenvalue weighted by atomic mass is 32.1. The number of Topliss-reactive ketones (excluding diaryl/α,β-unsaturated/α-hetero) is 1. The minimum Gasteiger partial charge on any atom is -0.445 e. The molecule has 1 amide bonds. The molecule has 1 N–H and O–H groups in total. The predicted octanol–water partition coefficient (Wildman–Crippen LogP) is 5.74. The van der Waals surface area contributed by atoms with Crippen LogP contribution in [-0.2, 0) is 15.8 Å². The van der Waals surface area contributed by atoms with Gasteiger partial charge in [0.15, 0.2) is 19.1 Å². The number of ketones is 1. The number of carbonyl (C=O) groups is 2. The van der Waals surface area contributed by atoms with E-state index >= 15 is 0 Å². The van der Waals surface area contributed by atoms with Gasteiger partial charge < -0.3 is 14.5 Å². The molecule has 0 aliphatic rings. The molecule has 1 atom stereocenters. The van der Waals surface area contributed by atoms with Crippen molar-refractivity contribution in [1.82, 2.24) is 10.3 Å². The number of nitrogens with zero attached hydrogens (tertiary/aromatic N) is 1. The molecule has 0 aromatic carbocycles. The van der Waals surface area contributed by atoms with E-state index in [0.717, 1.165) is 10.6 Å². The van der Waals surface area contributed by atoms with Gasteiger partial charge in [0, 0.05) is 11.9 Å². The molecule has 1 aromatic rings. The molecule has 166 valence electrons. The Bertz CT molecular complexity index is 708. The SMILES string of the molecule is CNC(=O)OC(CC(=O)c1nc(CO[Si](C)(C)C(C)(C)C)c(C(C)C)s1)C(C)C. The highest BCUT2D eigenvalue weighted by Crippen LogP contribution is 2.38. The molecule has 0 aliphatic heterocycles. The minimum absolute atomic E-state index is 0.0298. The Morgan fingerprint density at radius 3 is 2.21 bits per heavy atom. The van der Waals surface area contributed by atoms with Crippen molar-refractivity contribution in [2.45, 2.75) is 91.6 Å². The predicted molar refractivity (Wildman–Crippen MR) is 121 cm³/mol. The Morgan fingerprint density at radius 1 is 1.17 bits per heavy atom. The molecule has 1 rings (SSSR count). The van der Waals surface area contributed by atoms with Crippen molar-refractivity contribution < 1.29 is 18.8 Å². The third kappa shape index (κ3) is 7.18. The highest BCUT2D eigenvalue weighted by Gasteiger charge is 2.37. The lowest BCUT2D eigenvalue weighted by Crippen LogP contribution is -2.40. The van der Waals surface area contributed by atoms with Gasteiger partial charge in [-0.05, 0) is 30.0 Å². The van der Waals surface area contributed by atoms with Crippen molar-refractivity contribution in [3.05, 3.63) is 15.6 Å². The van der Waals surface area contributed by atoms with Gasteiger partial charge in [-0.15, -0.1) is 11.3 Å². The number of thiazole rings is 1. The summed E-state index contributed by atoms with van der Waals surface area (Å²) in [6, 6.07) is 0. The van der Waals surface area contributed by atoms with E-state index < -0.39 is 20.5 Å². The first-order chi connectivity index (χ1) is 13.2. The average Bonchev–Trinajstić information content (AvgIpc) is 3.02. The van der Waals surface area contributed by atoms with E-state index in [9.17, 15) is 9.59 Å². The number of amides is 1. The Morgan fingerprint density at radius 2 is 1.76 bits per heavy atom. The van der Waals surface area contributed by atoms with E-state index in [1.807, 2.05) is 13.8 Å². The molecule has 6 nitrogen and oxygen atoms in total. The second-order valence-corrected chi connectivity index (χ2v) is 15.4. The number of carbonyl (C=O) groups excluding carboxylic acids is 2. The van der Waals surface area contributed by atoms with Crippen LogP contribution in [0.5, 0.6) is 0 Å². The van der Waals surface area contributed by atoms with Gasteiger partial charge in [0.05, 0.1) is 18.7 Å². The number of hydrogen-bond acceptors (Lipinski definition) is 6. The fraction of sp³-hybridized carbons (Fsp3) is 0.762. The third-order valence-corrected chi connectivity index (χ3v) is 11.4. The van der Waals surface area contributed by atoms with Gasteiger partial charge in [0.25, 0.3) is 0 Å². The Kier molecular flexibility index (Phi) is 9.04. The van der Waals surface area contributed by atoms with Gasteiger partial charge in [-0.1, -0.05) is 48.5 Å². The monoisotopic (exact) mass is 442 g/mol. The minimum atomic E-state index is -1.91. The quantitative estimate of drug-likeness (QED) is 0.390. The molecule has 1 aromatic heterocycles. The Balaban J connectivity index is 3.02. The zero-order chi connectivity index (χ0) is 22.6. The van der Waals surface area contributed by atoms with Crippen LogP contribution in [0, 0.1) is 5.92 Å². The lowest BCUT2D eigenvalue weighted by molar-refractivity contribution is 0.0597. The first-order valence-corrected chi connectivity index (χ1v) is 14.0. The van der Waals surface area contributed by atoms with Crippen molar-refractivity contribution in [3.63, 3.8) is 0 Å². The Hall–Kier alpha value is -1.25. The molecule has 29 heavy (non-hydrogen) atoms. The van der Waals surface area contributed by atoms with E-state index in [0.29, 0.717) is 11.6 Å². The van der Waals surface area contributed by atoms with Crippen molar-refractivity contribution >= 4 is 31.5 Å². The summed E-state index contributed by atoms with van der Waals surface area (Å²) in [5.74, 6) is 0.190. The van der Waals surface area contributed by atoms with Crippen LogP contribution in [-0.4, -0.2) is 38.3 Å². The summed E-state index contributed by atoms with van der Waals surface area (Å²) < 4.78 is 11.7. The van der Waals surface area contributed by atoms with Crippen molar-refractivity contribution in [1.29, 1.82) is 0 Å². The molecule has 0 saturated heterocycles. The standard InChI is InChI=1S/C21H38N2O4SSi/c1-13(2)17(27-20(25)22-8)11-16(24)19-23-15(18(28-19)14(3)4)12-26-29(9,10)21(5,6)7/h13-14,17H,11-12H2,1-10H3,(H,22,25). The molecule has 1 unspecified atom stereocenters. The van der Waals surface area contributed by atoms with Crippen LogP contribution < -0.4 is 5.32 Å². The number of nitrogens with one attached hydrogen (secondary N) is 1. The van der Waals surface area contributed by atoms with Gasteiger partial charge >= 0.3 is 6.09 Å². The third-order valence-electron chi connectivity index (χ3n) is 5.46. The van der Waals surface area contributed by atoms with Gasteiger partial charge in [-0.3, -0.25) is 4.79 Å². The smallest absolute Gasteiger partial charge is 0.407 e. The van der Waals surface area contributed by atoms with Crippen LogP contribution in [0.1, 0.15) is 81.2 Å².